The minimum absolute atomic E-state index is 0.177. The van der Waals surface area contributed by atoms with Crippen LogP contribution in [0.1, 0.15) is 13.3 Å². The van der Waals surface area contributed by atoms with Gasteiger partial charge in [0.2, 0.25) is 0 Å². The summed E-state index contributed by atoms with van der Waals surface area (Å²) < 4.78 is 9.20. The molecule has 0 aliphatic heterocycles. The van der Waals surface area contributed by atoms with Crippen molar-refractivity contribution in [3.63, 3.8) is 0 Å². The van der Waals surface area contributed by atoms with E-state index in [0.717, 1.165) is 6.42 Å². The van der Waals surface area contributed by atoms with Crippen molar-refractivity contribution in [3.05, 3.63) is 91.0 Å². The van der Waals surface area contributed by atoms with Crippen LogP contribution in [0.3, 0.4) is 0 Å². The number of hydrogen-bond donors (Lipinski definition) is 0. The Morgan fingerprint density at radius 2 is 1.15 bits per heavy atom. The molecule has 0 aromatic heterocycles. The summed E-state index contributed by atoms with van der Waals surface area (Å²) in [6.07, 6.45) is 0.828. The van der Waals surface area contributed by atoms with Crippen LogP contribution in [0.5, 0.6) is 0 Å². The van der Waals surface area contributed by atoms with Crippen LogP contribution in [0.4, 0.5) is 4.79 Å². The summed E-state index contributed by atoms with van der Waals surface area (Å²) in [6.45, 7) is 2.47. The summed E-state index contributed by atoms with van der Waals surface area (Å²) in [5.74, 6) is 0. The summed E-state index contributed by atoms with van der Waals surface area (Å²) in [7, 11) is 1.42. The minimum atomic E-state index is -3.27. The van der Waals surface area contributed by atoms with E-state index in [1.54, 1.807) is 0 Å². The van der Waals surface area contributed by atoms with Gasteiger partial charge in [-0.1, -0.05) is 0 Å². The summed E-state index contributed by atoms with van der Waals surface area (Å²) in [5.41, 5.74) is 0. The quantitative estimate of drug-likeness (QED) is 0.444. The van der Waals surface area contributed by atoms with Gasteiger partial charge in [0.15, 0.2) is 0 Å². The van der Waals surface area contributed by atoms with E-state index in [0.29, 0.717) is 6.61 Å². The van der Waals surface area contributed by atoms with Crippen LogP contribution in [-0.2, 0) is 4.74 Å². The van der Waals surface area contributed by atoms with Gasteiger partial charge < -0.3 is 0 Å². The molecule has 3 aromatic carbocycles. The van der Waals surface area contributed by atoms with E-state index in [9.17, 15) is 4.79 Å². The fourth-order valence-electron chi connectivity index (χ4n) is 3.04. The molecule has 0 saturated carbocycles. The zero-order valence-corrected chi connectivity index (χ0v) is 17.7. The molecule has 0 spiro atoms. The Morgan fingerprint density at radius 1 is 0.769 bits per heavy atom. The predicted molar refractivity (Wildman–Crippen MR) is 113 cm³/mol. The maximum atomic E-state index is 12.7. The van der Waals surface area contributed by atoms with Crippen molar-refractivity contribution in [2.24, 2.45) is 0 Å². The third-order valence-corrected chi connectivity index (χ3v) is 18.7. The Balaban J connectivity index is 2.19. The monoisotopic (exact) mass is 424 g/mol. The van der Waals surface area contributed by atoms with Gasteiger partial charge in [0.05, 0.1) is 0 Å². The zero-order valence-electron chi connectivity index (χ0n) is 14.8. The molecule has 0 saturated heterocycles. The van der Waals surface area contributed by atoms with Gasteiger partial charge in [-0.2, -0.15) is 0 Å². The van der Waals surface area contributed by atoms with E-state index < -0.39 is 12.1 Å². The van der Waals surface area contributed by atoms with Crippen LogP contribution < -0.4 is 13.2 Å². The average molecular weight is 423 g/mol. The fourth-order valence-corrected chi connectivity index (χ4v) is 16.3. The number of carbonyl (C=O) groups excluding carboxylic acids is 1. The fraction of sp³-hybridized carbons (Fsp3) is 0.136. The third kappa shape index (κ3) is 4.05. The molecular weight excluding hydrogens is 401 g/mol. The van der Waals surface area contributed by atoms with Gasteiger partial charge in [-0.3, -0.25) is 0 Å². The number of ether oxygens (including phenoxy) is 1. The second-order valence-corrected chi connectivity index (χ2v) is 17.5. The van der Waals surface area contributed by atoms with Gasteiger partial charge >= 0.3 is 161 Å². The summed E-state index contributed by atoms with van der Waals surface area (Å²) in [5, 5.41) is -0.177. The number of benzene rings is 3. The first-order valence-electron chi connectivity index (χ1n) is 8.79. The topological polar surface area (TPSA) is 26.3 Å². The van der Waals surface area contributed by atoms with E-state index in [4.69, 9.17) is 4.74 Å². The van der Waals surface area contributed by atoms with Gasteiger partial charge in [0, 0.05) is 0 Å². The number of carbonyl (C=O) groups is 1. The van der Waals surface area contributed by atoms with E-state index >= 15 is 0 Å². The van der Waals surface area contributed by atoms with Gasteiger partial charge in [0.25, 0.3) is 0 Å². The molecule has 3 aromatic rings. The first kappa shape index (κ1) is 18.8. The van der Waals surface area contributed by atoms with Gasteiger partial charge in [-0.25, -0.2) is 0 Å². The van der Waals surface area contributed by atoms with Crippen LogP contribution in [0.2, 0.25) is 0 Å². The summed E-state index contributed by atoms with van der Waals surface area (Å²) >= 11 is -3.27. The van der Waals surface area contributed by atoms with Crippen molar-refractivity contribution >= 4 is 40.7 Å². The van der Waals surface area contributed by atoms with Crippen LogP contribution in [-0.4, -0.2) is 24.0 Å². The molecule has 0 N–H and O–H groups in total. The van der Waals surface area contributed by atoms with Crippen LogP contribution in [0.15, 0.2) is 91.0 Å². The molecule has 2 nitrogen and oxygen atoms in total. The van der Waals surface area contributed by atoms with E-state index in [-0.39, 0.29) is 5.30 Å². The molecule has 26 heavy (non-hydrogen) atoms. The van der Waals surface area contributed by atoms with Crippen LogP contribution in [0.25, 0.3) is 0 Å². The normalized spacial score (nSPS) is 11.1. The molecule has 0 aliphatic carbocycles. The van der Waals surface area contributed by atoms with Crippen molar-refractivity contribution in [2.45, 2.75) is 13.3 Å². The van der Waals surface area contributed by atoms with E-state index in [2.05, 4.69) is 72.8 Å². The van der Waals surface area contributed by atoms with Crippen LogP contribution in [0, 0.1) is 0 Å². The second-order valence-electron chi connectivity index (χ2n) is 5.98. The number of rotatable bonds is 6. The molecule has 0 bridgehead atoms. The van der Waals surface area contributed by atoms with E-state index in [1.807, 2.05) is 25.1 Å². The van der Waals surface area contributed by atoms with Crippen molar-refractivity contribution in [1.29, 1.82) is 0 Å². The predicted octanol–water partition coefficient (Wildman–Crippen LogP) is 3.93. The Kier molecular flexibility index (Phi) is 6.58. The summed E-state index contributed by atoms with van der Waals surface area (Å²) in [6, 6.07) is 31.3. The molecule has 0 fully saturated rings. The van der Waals surface area contributed by atoms with Crippen molar-refractivity contribution in [1.82, 2.24) is 0 Å². The Morgan fingerprint density at radius 3 is 1.50 bits per heavy atom. The van der Waals surface area contributed by atoms with Crippen LogP contribution >= 0.6 is 10.1 Å². The molecule has 0 atom stereocenters. The maximum absolute atomic E-state index is 12.7. The third-order valence-electron chi connectivity index (χ3n) is 4.20. The molecule has 132 valence electrons. The summed E-state index contributed by atoms with van der Waals surface area (Å²) in [4.78, 5) is 12.7. The molecule has 0 unspecified atom stereocenters. The second kappa shape index (κ2) is 9.10. The molecule has 0 aliphatic rings. The van der Waals surface area contributed by atoms with Gasteiger partial charge in [-0.15, -0.1) is 0 Å². The van der Waals surface area contributed by atoms with Crippen molar-refractivity contribution < 1.29 is 9.53 Å². The van der Waals surface area contributed by atoms with Crippen molar-refractivity contribution in [3.8, 4) is 0 Å². The first-order valence-corrected chi connectivity index (χ1v) is 15.3. The van der Waals surface area contributed by atoms with Crippen molar-refractivity contribution in [2.75, 3.05) is 6.61 Å². The standard InChI is InChI=1S/C22H22GeO2S/c1-2-18-25-22(24)26-23(19-12-6-3-7-13-19,20-14-8-4-9-15-20)21-16-10-5-11-17-21/h3-17H,2,18H2,1H3. The molecule has 0 heterocycles. The SMILES string of the molecule is CCCOC(=O)[S][Ge]([c]1ccccc1)([c]1ccccc1)[c]1ccccc1. The molecule has 4 heteroatoms. The zero-order chi connectivity index (χ0) is 18.2. The Bertz CT molecular complexity index is 726. The molecule has 0 amide bonds. The Labute approximate surface area is 161 Å². The molecule has 3 rings (SSSR count). The Hall–Kier alpha value is -1.98. The molecular formula is C22H22GeO2S. The van der Waals surface area contributed by atoms with Gasteiger partial charge in [-0.05, 0) is 0 Å². The number of hydrogen-bond acceptors (Lipinski definition) is 3. The average Bonchev–Trinajstić information content (AvgIpc) is 2.72. The first-order chi connectivity index (χ1) is 12.8. The molecule has 0 radical (unpaired) electrons. The van der Waals surface area contributed by atoms with E-state index in [1.165, 1.54) is 23.3 Å². The van der Waals surface area contributed by atoms with Gasteiger partial charge in [0.1, 0.15) is 0 Å².